The molecule has 76 valence electrons. The minimum atomic E-state index is -2.90. The van der Waals surface area contributed by atoms with E-state index in [0.29, 0.717) is 17.6 Å². The van der Waals surface area contributed by atoms with Gasteiger partial charge < -0.3 is 0 Å². The molecule has 2 aliphatic rings. The SMILES string of the molecule is CN1CC2CCCCC2CS1(=O)=O. The Morgan fingerprint density at radius 2 is 1.77 bits per heavy atom. The summed E-state index contributed by atoms with van der Waals surface area (Å²) >= 11 is 0. The molecule has 1 aliphatic heterocycles. The van der Waals surface area contributed by atoms with E-state index in [1.807, 2.05) is 0 Å². The van der Waals surface area contributed by atoms with E-state index >= 15 is 0 Å². The number of rotatable bonds is 0. The van der Waals surface area contributed by atoms with Crippen LogP contribution in [0, 0.1) is 11.8 Å². The van der Waals surface area contributed by atoms with Gasteiger partial charge in [0.25, 0.3) is 0 Å². The van der Waals surface area contributed by atoms with Gasteiger partial charge in [0.2, 0.25) is 10.0 Å². The Hall–Kier alpha value is -0.0900. The van der Waals surface area contributed by atoms with E-state index in [-0.39, 0.29) is 0 Å². The largest absolute Gasteiger partial charge is 0.214 e. The fraction of sp³-hybridized carbons (Fsp3) is 1.00. The molecule has 1 saturated carbocycles. The zero-order valence-corrected chi connectivity index (χ0v) is 8.89. The summed E-state index contributed by atoms with van der Waals surface area (Å²) in [5.41, 5.74) is 0. The third-order valence-corrected chi connectivity index (χ3v) is 5.41. The molecule has 1 saturated heterocycles. The van der Waals surface area contributed by atoms with Gasteiger partial charge >= 0.3 is 0 Å². The first kappa shape index (κ1) is 9.46. The van der Waals surface area contributed by atoms with E-state index in [4.69, 9.17) is 0 Å². The lowest BCUT2D eigenvalue weighted by molar-refractivity contribution is 0.203. The molecule has 0 aromatic heterocycles. The van der Waals surface area contributed by atoms with Crippen LogP contribution < -0.4 is 0 Å². The summed E-state index contributed by atoms with van der Waals surface area (Å²) in [4.78, 5) is 0. The van der Waals surface area contributed by atoms with Crippen LogP contribution in [0.2, 0.25) is 0 Å². The summed E-state index contributed by atoms with van der Waals surface area (Å²) in [6.45, 7) is 0.757. The van der Waals surface area contributed by atoms with Crippen LogP contribution in [-0.2, 0) is 10.0 Å². The zero-order valence-electron chi connectivity index (χ0n) is 8.07. The Labute approximate surface area is 80.2 Å². The molecule has 13 heavy (non-hydrogen) atoms. The third kappa shape index (κ3) is 1.74. The molecule has 3 nitrogen and oxygen atoms in total. The molecule has 1 aliphatic carbocycles. The van der Waals surface area contributed by atoms with Crippen LogP contribution in [-0.4, -0.2) is 32.1 Å². The van der Waals surface area contributed by atoms with Crippen molar-refractivity contribution in [1.29, 1.82) is 0 Å². The third-order valence-electron chi connectivity index (χ3n) is 3.46. The smallest absolute Gasteiger partial charge is 0.212 e. The maximum absolute atomic E-state index is 11.6. The van der Waals surface area contributed by atoms with Crippen LogP contribution in [0.1, 0.15) is 25.7 Å². The summed E-state index contributed by atoms with van der Waals surface area (Å²) < 4.78 is 24.7. The van der Waals surface area contributed by atoms with Crippen molar-refractivity contribution in [3.05, 3.63) is 0 Å². The van der Waals surface area contributed by atoms with Gasteiger partial charge in [0, 0.05) is 13.6 Å². The number of fused-ring (bicyclic) bond motifs is 1. The lowest BCUT2D eigenvalue weighted by Gasteiger charge is -2.39. The van der Waals surface area contributed by atoms with Crippen molar-refractivity contribution in [2.75, 3.05) is 19.3 Å². The summed E-state index contributed by atoms with van der Waals surface area (Å²) in [6, 6.07) is 0. The first-order valence-electron chi connectivity index (χ1n) is 5.03. The summed E-state index contributed by atoms with van der Waals surface area (Å²) in [5, 5.41) is 0. The Balaban J connectivity index is 2.14. The van der Waals surface area contributed by atoms with Crippen molar-refractivity contribution < 1.29 is 8.42 Å². The topological polar surface area (TPSA) is 37.4 Å². The van der Waals surface area contributed by atoms with E-state index in [1.54, 1.807) is 11.4 Å². The second-order valence-electron chi connectivity index (χ2n) is 4.36. The van der Waals surface area contributed by atoms with E-state index in [0.717, 1.165) is 13.0 Å². The van der Waals surface area contributed by atoms with Gasteiger partial charge in [-0.25, -0.2) is 12.7 Å². The molecule has 2 unspecified atom stereocenters. The minimum absolute atomic E-state index is 0.397. The average molecular weight is 203 g/mol. The number of sulfonamides is 1. The molecule has 0 spiro atoms. The molecule has 2 rings (SSSR count). The molecule has 1 heterocycles. The van der Waals surface area contributed by atoms with Crippen LogP contribution in [0.4, 0.5) is 0 Å². The molecular formula is C9H17NO2S. The van der Waals surface area contributed by atoms with Crippen LogP contribution in [0.5, 0.6) is 0 Å². The normalized spacial score (nSPS) is 39.8. The lowest BCUT2D eigenvalue weighted by Crippen LogP contribution is -2.46. The molecule has 0 aromatic carbocycles. The number of hydrogen-bond acceptors (Lipinski definition) is 2. The van der Waals surface area contributed by atoms with Crippen LogP contribution >= 0.6 is 0 Å². The molecule has 0 radical (unpaired) electrons. The van der Waals surface area contributed by atoms with Crippen molar-refractivity contribution in [1.82, 2.24) is 4.31 Å². The number of nitrogens with zero attached hydrogens (tertiary/aromatic N) is 1. The second kappa shape index (κ2) is 3.24. The highest BCUT2D eigenvalue weighted by molar-refractivity contribution is 7.89. The molecule has 4 heteroatoms. The van der Waals surface area contributed by atoms with Crippen molar-refractivity contribution in [2.45, 2.75) is 25.7 Å². The molecule has 0 N–H and O–H groups in total. The fourth-order valence-electron chi connectivity index (χ4n) is 2.59. The van der Waals surface area contributed by atoms with E-state index < -0.39 is 10.0 Å². The van der Waals surface area contributed by atoms with Gasteiger partial charge in [-0.15, -0.1) is 0 Å². The molecule has 2 fully saturated rings. The Bertz CT molecular complexity index is 286. The first-order chi connectivity index (χ1) is 6.09. The Morgan fingerprint density at radius 1 is 1.15 bits per heavy atom. The van der Waals surface area contributed by atoms with Crippen molar-refractivity contribution >= 4 is 10.0 Å². The van der Waals surface area contributed by atoms with Gasteiger partial charge in [0.05, 0.1) is 5.75 Å². The molecule has 2 atom stereocenters. The summed E-state index contributed by atoms with van der Waals surface area (Å²) in [7, 11) is -1.19. The van der Waals surface area contributed by atoms with Gasteiger partial charge in [-0.2, -0.15) is 0 Å². The highest BCUT2D eigenvalue weighted by atomic mass is 32.2. The van der Waals surface area contributed by atoms with E-state index in [2.05, 4.69) is 0 Å². The molecular weight excluding hydrogens is 186 g/mol. The Morgan fingerprint density at radius 3 is 2.46 bits per heavy atom. The average Bonchev–Trinajstić information content (AvgIpc) is 2.06. The maximum Gasteiger partial charge on any atom is 0.214 e. The molecule has 0 bridgehead atoms. The molecule has 0 amide bonds. The monoisotopic (exact) mass is 203 g/mol. The lowest BCUT2D eigenvalue weighted by atomic mass is 9.80. The fourth-order valence-corrected chi connectivity index (χ4v) is 4.24. The van der Waals surface area contributed by atoms with E-state index in [1.165, 1.54) is 19.3 Å². The van der Waals surface area contributed by atoms with Crippen LogP contribution in [0.25, 0.3) is 0 Å². The van der Waals surface area contributed by atoms with Gasteiger partial charge in [0.1, 0.15) is 0 Å². The maximum atomic E-state index is 11.6. The van der Waals surface area contributed by atoms with Gasteiger partial charge in [-0.1, -0.05) is 12.8 Å². The minimum Gasteiger partial charge on any atom is -0.212 e. The van der Waals surface area contributed by atoms with Gasteiger partial charge in [-0.05, 0) is 24.7 Å². The Kier molecular flexibility index (Phi) is 2.36. The quantitative estimate of drug-likeness (QED) is 0.590. The van der Waals surface area contributed by atoms with Gasteiger partial charge in [-0.3, -0.25) is 0 Å². The van der Waals surface area contributed by atoms with E-state index in [9.17, 15) is 8.42 Å². The predicted molar refractivity (Wildman–Crippen MR) is 51.9 cm³/mol. The van der Waals surface area contributed by atoms with Crippen molar-refractivity contribution in [3.8, 4) is 0 Å². The highest BCUT2D eigenvalue weighted by Crippen LogP contribution is 2.35. The van der Waals surface area contributed by atoms with Crippen LogP contribution in [0.15, 0.2) is 0 Å². The van der Waals surface area contributed by atoms with Crippen molar-refractivity contribution in [3.63, 3.8) is 0 Å². The zero-order chi connectivity index (χ0) is 9.47. The number of hydrogen-bond donors (Lipinski definition) is 0. The first-order valence-corrected chi connectivity index (χ1v) is 6.64. The second-order valence-corrected chi connectivity index (χ2v) is 6.48. The van der Waals surface area contributed by atoms with Crippen molar-refractivity contribution in [2.24, 2.45) is 11.8 Å². The van der Waals surface area contributed by atoms with Crippen LogP contribution in [0.3, 0.4) is 0 Å². The molecule has 0 aromatic rings. The predicted octanol–water partition coefficient (Wildman–Crippen LogP) is 1.07. The summed E-state index contributed by atoms with van der Waals surface area (Å²) in [5.74, 6) is 1.49. The highest BCUT2D eigenvalue weighted by Gasteiger charge is 2.37. The standard InChI is InChI=1S/C9H17NO2S/c1-10-6-8-4-2-3-5-9(8)7-13(10,11)12/h8-9H,2-7H2,1H3. The van der Waals surface area contributed by atoms with Gasteiger partial charge in [0.15, 0.2) is 0 Å². The summed E-state index contributed by atoms with van der Waals surface area (Å²) in [6.07, 6.45) is 4.86.